The van der Waals surface area contributed by atoms with Crippen molar-refractivity contribution in [3.05, 3.63) is 108 Å². The Morgan fingerprint density at radius 2 is 1.00 bits per heavy atom. The van der Waals surface area contributed by atoms with E-state index >= 15 is 0 Å². The van der Waals surface area contributed by atoms with Gasteiger partial charge in [-0.15, -0.1) is 0 Å². The van der Waals surface area contributed by atoms with Crippen LogP contribution in [0.2, 0.25) is 0 Å². The molecule has 0 saturated carbocycles. The molecular formula is C32H32N2. The Kier molecular flexibility index (Phi) is 7.49. The number of pyridine rings is 2. The molecule has 0 fully saturated rings. The fourth-order valence-corrected chi connectivity index (χ4v) is 4.38. The van der Waals surface area contributed by atoms with E-state index in [0.29, 0.717) is 0 Å². The van der Waals surface area contributed by atoms with Crippen molar-refractivity contribution in [1.29, 1.82) is 0 Å². The summed E-state index contributed by atoms with van der Waals surface area (Å²) in [5.41, 5.74) is 4.89. The first-order valence-electron chi connectivity index (χ1n) is 12.2. The van der Waals surface area contributed by atoms with Gasteiger partial charge >= 0.3 is 0 Å². The Morgan fingerprint density at radius 3 is 1.59 bits per heavy atom. The van der Waals surface area contributed by atoms with Crippen molar-refractivity contribution in [2.24, 2.45) is 0 Å². The Bertz CT molecular complexity index is 1550. The molecule has 2 heterocycles. The molecule has 4 aromatic carbocycles. The minimum absolute atomic E-state index is 1.05. The van der Waals surface area contributed by atoms with Crippen molar-refractivity contribution in [2.45, 2.75) is 40.5 Å². The van der Waals surface area contributed by atoms with E-state index in [-0.39, 0.29) is 0 Å². The first-order valence-corrected chi connectivity index (χ1v) is 12.2. The number of nitrogens with zero attached hydrogens (tertiary/aromatic N) is 2. The molecule has 2 heteroatoms. The van der Waals surface area contributed by atoms with Gasteiger partial charge in [0.05, 0.1) is 11.0 Å². The Morgan fingerprint density at radius 1 is 0.529 bits per heavy atom. The Labute approximate surface area is 202 Å². The minimum Gasteiger partial charge on any atom is -0.256 e. The van der Waals surface area contributed by atoms with Gasteiger partial charge in [0.2, 0.25) is 0 Å². The van der Waals surface area contributed by atoms with Crippen LogP contribution in [0.5, 0.6) is 0 Å². The molecule has 0 saturated heterocycles. The molecule has 0 aliphatic carbocycles. The van der Waals surface area contributed by atoms with E-state index in [4.69, 9.17) is 0 Å². The molecule has 0 bridgehead atoms. The maximum atomic E-state index is 4.52. The largest absolute Gasteiger partial charge is 0.256 e. The summed E-state index contributed by atoms with van der Waals surface area (Å²) < 4.78 is 0. The maximum Gasteiger partial charge on any atom is 0.0783 e. The fourth-order valence-electron chi connectivity index (χ4n) is 4.38. The second-order valence-corrected chi connectivity index (χ2v) is 8.53. The van der Waals surface area contributed by atoms with Gasteiger partial charge in [-0.25, -0.2) is 0 Å². The second-order valence-electron chi connectivity index (χ2n) is 8.53. The predicted octanol–water partition coefficient (Wildman–Crippen LogP) is 9.06. The molecule has 0 amide bonds. The molecule has 0 aliphatic rings. The van der Waals surface area contributed by atoms with E-state index in [9.17, 15) is 0 Å². The third-order valence-electron chi connectivity index (χ3n) is 5.91. The lowest BCUT2D eigenvalue weighted by Gasteiger charge is -2.07. The number of benzene rings is 4. The maximum absolute atomic E-state index is 4.52. The molecule has 170 valence electrons. The number of hydrogen-bond acceptors (Lipinski definition) is 2. The standard InChI is InChI=1S/C15H13N.C14H11N.C3H8/c1-2-11-5-3-6-12-8-9-13-7-4-10-16-15(13)14(11)12;1-10-4-2-5-11-7-8-12-6-3-9-15-14(12)13(10)11;1-3-2/h3-10H,2H2,1H3;2-9H,1H3;3H2,1-2H3. The van der Waals surface area contributed by atoms with Crippen LogP contribution >= 0.6 is 0 Å². The summed E-state index contributed by atoms with van der Waals surface area (Å²) in [7, 11) is 0. The van der Waals surface area contributed by atoms with Crippen LogP contribution in [0, 0.1) is 6.92 Å². The Hall–Kier alpha value is -3.78. The SMILES string of the molecule is CCC.CCc1cccc2ccc3cccnc3c12.Cc1cccc2ccc3cccnc3c12. The van der Waals surface area contributed by atoms with Crippen molar-refractivity contribution in [1.82, 2.24) is 9.97 Å². The van der Waals surface area contributed by atoms with Gasteiger partial charge in [-0.3, -0.25) is 9.97 Å². The number of aryl methyl sites for hydroxylation is 2. The van der Waals surface area contributed by atoms with Crippen LogP contribution in [0.3, 0.4) is 0 Å². The highest BCUT2D eigenvalue weighted by Gasteiger charge is 2.05. The average Bonchev–Trinajstić information content (AvgIpc) is 2.89. The van der Waals surface area contributed by atoms with Crippen LogP contribution in [-0.2, 0) is 6.42 Å². The lowest BCUT2D eigenvalue weighted by Crippen LogP contribution is -1.87. The molecule has 0 atom stereocenters. The molecular weight excluding hydrogens is 412 g/mol. The molecule has 0 unspecified atom stereocenters. The second kappa shape index (κ2) is 10.9. The summed E-state index contributed by atoms with van der Waals surface area (Å²) in [6.45, 7) is 8.58. The zero-order valence-electron chi connectivity index (χ0n) is 20.5. The number of fused-ring (bicyclic) bond motifs is 6. The smallest absolute Gasteiger partial charge is 0.0783 e. The van der Waals surface area contributed by atoms with Crippen molar-refractivity contribution >= 4 is 43.4 Å². The zero-order chi connectivity index (χ0) is 23.9. The lowest BCUT2D eigenvalue weighted by atomic mass is 10.00. The highest BCUT2D eigenvalue weighted by Crippen LogP contribution is 2.27. The van der Waals surface area contributed by atoms with Crippen molar-refractivity contribution < 1.29 is 0 Å². The molecule has 0 spiro atoms. The lowest BCUT2D eigenvalue weighted by molar-refractivity contribution is 1.09. The van der Waals surface area contributed by atoms with Crippen molar-refractivity contribution in [3.8, 4) is 0 Å². The number of hydrogen-bond donors (Lipinski definition) is 0. The van der Waals surface area contributed by atoms with Gasteiger partial charge in [-0.2, -0.15) is 0 Å². The molecule has 34 heavy (non-hydrogen) atoms. The first kappa shape index (κ1) is 23.4. The molecule has 2 aromatic heterocycles. The van der Waals surface area contributed by atoms with Gasteiger partial charge in [0.1, 0.15) is 0 Å². The average molecular weight is 445 g/mol. The van der Waals surface area contributed by atoms with E-state index in [2.05, 4.69) is 110 Å². The third kappa shape index (κ3) is 4.77. The molecule has 2 nitrogen and oxygen atoms in total. The fraction of sp³-hybridized carbons (Fsp3) is 0.188. The normalized spacial score (nSPS) is 10.6. The molecule has 0 N–H and O–H groups in total. The van der Waals surface area contributed by atoms with Gasteiger partial charge in [-0.05, 0) is 47.4 Å². The first-order chi connectivity index (χ1) is 16.7. The topological polar surface area (TPSA) is 25.8 Å². The molecule has 0 aliphatic heterocycles. The summed E-state index contributed by atoms with van der Waals surface area (Å²) in [6.07, 6.45) is 6.02. The van der Waals surface area contributed by atoms with Gasteiger partial charge in [-0.1, -0.05) is 100.0 Å². The summed E-state index contributed by atoms with van der Waals surface area (Å²) in [5, 5.41) is 7.56. The Balaban J connectivity index is 0.000000145. The van der Waals surface area contributed by atoms with Crippen LogP contribution in [-0.4, -0.2) is 9.97 Å². The van der Waals surface area contributed by atoms with Crippen molar-refractivity contribution in [2.75, 3.05) is 0 Å². The van der Waals surface area contributed by atoms with E-state index in [0.717, 1.165) is 17.5 Å². The summed E-state index contributed by atoms with van der Waals surface area (Å²) >= 11 is 0. The van der Waals surface area contributed by atoms with E-state index in [1.807, 2.05) is 24.5 Å². The number of rotatable bonds is 1. The van der Waals surface area contributed by atoms with Crippen LogP contribution in [0.4, 0.5) is 0 Å². The molecule has 6 rings (SSSR count). The van der Waals surface area contributed by atoms with E-state index < -0.39 is 0 Å². The summed E-state index contributed by atoms with van der Waals surface area (Å²) in [6, 6.07) is 29.6. The highest BCUT2D eigenvalue weighted by atomic mass is 14.7. The minimum atomic E-state index is 1.05. The van der Waals surface area contributed by atoms with E-state index in [1.165, 1.54) is 49.9 Å². The van der Waals surface area contributed by atoms with Crippen molar-refractivity contribution in [3.63, 3.8) is 0 Å². The predicted molar refractivity (Wildman–Crippen MR) is 149 cm³/mol. The monoisotopic (exact) mass is 444 g/mol. The van der Waals surface area contributed by atoms with Crippen LogP contribution in [0.1, 0.15) is 38.3 Å². The quantitative estimate of drug-likeness (QED) is 0.236. The van der Waals surface area contributed by atoms with Crippen LogP contribution < -0.4 is 0 Å². The zero-order valence-corrected chi connectivity index (χ0v) is 20.5. The molecule has 0 radical (unpaired) electrons. The van der Waals surface area contributed by atoms with Gasteiger partial charge in [0.25, 0.3) is 0 Å². The van der Waals surface area contributed by atoms with Gasteiger partial charge in [0.15, 0.2) is 0 Å². The van der Waals surface area contributed by atoms with Crippen LogP contribution in [0.15, 0.2) is 97.3 Å². The summed E-state index contributed by atoms with van der Waals surface area (Å²) in [5.74, 6) is 0. The highest BCUT2D eigenvalue weighted by molar-refractivity contribution is 6.07. The molecule has 6 aromatic rings. The van der Waals surface area contributed by atoms with Gasteiger partial charge < -0.3 is 0 Å². The third-order valence-corrected chi connectivity index (χ3v) is 5.91. The van der Waals surface area contributed by atoms with Crippen LogP contribution in [0.25, 0.3) is 43.4 Å². The van der Waals surface area contributed by atoms with E-state index in [1.54, 1.807) is 0 Å². The van der Waals surface area contributed by atoms with Gasteiger partial charge in [0, 0.05) is 33.9 Å². The number of aromatic nitrogens is 2. The summed E-state index contributed by atoms with van der Waals surface area (Å²) in [4.78, 5) is 8.99.